The standard InChI is InChI=1S/C23H29NO2Si/c1-23(2,3)27(5,6)26-22(17-12-8-7-9-13-17)20-16-21(25-4)18-14-10-11-15-19(18)24-20/h7-16,22H,1-6H3/t22-/m1/s1. The van der Waals surface area contributed by atoms with Gasteiger partial charge in [-0.2, -0.15) is 0 Å². The summed E-state index contributed by atoms with van der Waals surface area (Å²) >= 11 is 0. The summed E-state index contributed by atoms with van der Waals surface area (Å²) in [5.41, 5.74) is 2.93. The number of methoxy groups -OCH3 is 1. The highest BCUT2D eigenvalue weighted by Gasteiger charge is 2.40. The van der Waals surface area contributed by atoms with Crippen molar-refractivity contribution in [1.82, 2.24) is 4.98 Å². The van der Waals surface area contributed by atoms with E-state index in [0.717, 1.165) is 27.9 Å². The van der Waals surface area contributed by atoms with Crippen LogP contribution in [0.15, 0.2) is 60.7 Å². The fraction of sp³-hybridized carbons (Fsp3) is 0.348. The molecular weight excluding hydrogens is 350 g/mol. The molecule has 1 atom stereocenters. The van der Waals surface area contributed by atoms with Crippen LogP contribution in [0.1, 0.15) is 38.1 Å². The van der Waals surface area contributed by atoms with Gasteiger partial charge in [0.1, 0.15) is 11.9 Å². The molecule has 0 fully saturated rings. The minimum atomic E-state index is -2.01. The summed E-state index contributed by atoms with van der Waals surface area (Å²) in [6.45, 7) is 11.3. The van der Waals surface area contributed by atoms with Crippen LogP contribution in [0.2, 0.25) is 18.1 Å². The summed E-state index contributed by atoms with van der Waals surface area (Å²) in [7, 11) is -0.303. The first kappa shape index (κ1) is 19.6. The lowest BCUT2D eigenvalue weighted by molar-refractivity contribution is 0.217. The Morgan fingerprint density at radius 1 is 0.926 bits per heavy atom. The Balaban J connectivity index is 2.15. The van der Waals surface area contributed by atoms with Crippen molar-refractivity contribution in [3.8, 4) is 5.75 Å². The Morgan fingerprint density at radius 2 is 1.56 bits per heavy atom. The monoisotopic (exact) mass is 379 g/mol. The van der Waals surface area contributed by atoms with E-state index in [9.17, 15) is 0 Å². The van der Waals surface area contributed by atoms with Gasteiger partial charge in [0, 0.05) is 11.5 Å². The molecule has 3 rings (SSSR count). The van der Waals surface area contributed by atoms with Crippen LogP contribution in [-0.2, 0) is 4.43 Å². The number of hydrogen-bond acceptors (Lipinski definition) is 3. The van der Waals surface area contributed by atoms with E-state index in [1.807, 2.05) is 36.4 Å². The van der Waals surface area contributed by atoms with E-state index in [4.69, 9.17) is 14.1 Å². The molecule has 0 unspecified atom stereocenters. The first-order valence-corrected chi connectivity index (χ1v) is 12.3. The second-order valence-corrected chi connectivity index (χ2v) is 13.2. The largest absolute Gasteiger partial charge is 0.496 e. The highest BCUT2D eigenvalue weighted by molar-refractivity contribution is 6.74. The van der Waals surface area contributed by atoms with Crippen molar-refractivity contribution in [3.05, 3.63) is 71.9 Å². The summed E-state index contributed by atoms with van der Waals surface area (Å²) in [6.07, 6.45) is -0.217. The molecule has 3 aromatic rings. The second-order valence-electron chi connectivity index (χ2n) is 8.44. The third-order valence-electron chi connectivity index (χ3n) is 5.51. The number of para-hydroxylation sites is 1. The topological polar surface area (TPSA) is 31.4 Å². The molecule has 142 valence electrons. The van der Waals surface area contributed by atoms with Crippen LogP contribution >= 0.6 is 0 Å². The van der Waals surface area contributed by atoms with Crippen LogP contribution in [0.4, 0.5) is 0 Å². The first-order chi connectivity index (χ1) is 12.7. The lowest BCUT2D eigenvalue weighted by atomic mass is 10.0. The Hall–Kier alpha value is -2.17. The fourth-order valence-electron chi connectivity index (χ4n) is 2.86. The maximum Gasteiger partial charge on any atom is 0.193 e. The lowest BCUT2D eigenvalue weighted by Crippen LogP contribution is -2.42. The van der Waals surface area contributed by atoms with Gasteiger partial charge in [0.2, 0.25) is 0 Å². The van der Waals surface area contributed by atoms with Gasteiger partial charge in [-0.15, -0.1) is 0 Å². The third kappa shape index (κ3) is 4.07. The Morgan fingerprint density at radius 3 is 2.19 bits per heavy atom. The maximum absolute atomic E-state index is 6.84. The van der Waals surface area contributed by atoms with Crippen LogP contribution < -0.4 is 4.74 Å². The van der Waals surface area contributed by atoms with Crippen molar-refractivity contribution in [2.24, 2.45) is 0 Å². The van der Waals surface area contributed by atoms with Gasteiger partial charge in [-0.3, -0.25) is 0 Å². The zero-order valence-corrected chi connectivity index (χ0v) is 18.1. The number of hydrogen-bond donors (Lipinski definition) is 0. The molecule has 0 aliphatic carbocycles. The van der Waals surface area contributed by atoms with E-state index in [-0.39, 0.29) is 11.1 Å². The van der Waals surface area contributed by atoms with Gasteiger partial charge in [0.05, 0.1) is 18.3 Å². The van der Waals surface area contributed by atoms with E-state index >= 15 is 0 Å². The van der Waals surface area contributed by atoms with Crippen molar-refractivity contribution in [3.63, 3.8) is 0 Å². The highest BCUT2D eigenvalue weighted by Crippen LogP contribution is 2.42. The molecule has 0 bridgehead atoms. The fourth-order valence-corrected chi connectivity index (χ4v) is 4.06. The molecule has 0 saturated heterocycles. The van der Waals surface area contributed by atoms with E-state index in [0.29, 0.717) is 0 Å². The number of aromatic nitrogens is 1. The molecule has 0 aliphatic rings. The summed E-state index contributed by atoms with van der Waals surface area (Å²) in [5, 5.41) is 1.13. The number of ether oxygens (including phenoxy) is 1. The normalized spacial score (nSPS) is 13.6. The third-order valence-corrected chi connectivity index (χ3v) is 9.94. The minimum Gasteiger partial charge on any atom is -0.496 e. The Kier molecular flexibility index (Phi) is 5.40. The quantitative estimate of drug-likeness (QED) is 0.484. The summed E-state index contributed by atoms with van der Waals surface area (Å²) in [4.78, 5) is 4.94. The molecule has 0 saturated carbocycles. The van der Waals surface area contributed by atoms with Crippen molar-refractivity contribution >= 4 is 19.2 Å². The molecule has 0 N–H and O–H groups in total. The van der Waals surface area contributed by atoms with Gasteiger partial charge in [0.15, 0.2) is 8.32 Å². The minimum absolute atomic E-state index is 0.112. The van der Waals surface area contributed by atoms with E-state index < -0.39 is 8.32 Å². The number of benzene rings is 2. The zero-order valence-electron chi connectivity index (χ0n) is 17.1. The summed E-state index contributed by atoms with van der Waals surface area (Å²) < 4.78 is 12.5. The molecule has 1 aromatic heterocycles. The molecule has 0 aliphatic heterocycles. The summed E-state index contributed by atoms with van der Waals surface area (Å²) in [6, 6.07) is 20.5. The average Bonchev–Trinajstić information content (AvgIpc) is 2.65. The van der Waals surface area contributed by atoms with Crippen molar-refractivity contribution in [2.75, 3.05) is 7.11 Å². The summed E-state index contributed by atoms with van der Waals surface area (Å²) in [5.74, 6) is 0.829. The van der Waals surface area contributed by atoms with Crippen LogP contribution in [0.5, 0.6) is 5.75 Å². The van der Waals surface area contributed by atoms with Gasteiger partial charge in [-0.25, -0.2) is 4.98 Å². The van der Waals surface area contributed by atoms with Gasteiger partial charge in [-0.05, 0) is 35.8 Å². The molecule has 4 heteroatoms. The molecule has 3 nitrogen and oxygen atoms in total. The molecule has 0 amide bonds. The molecule has 0 radical (unpaired) electrons. The average molecular weight is 380 g/mol. The van der Waals surface area contributed by atoms with Gasteiger partial charge in [-0.1, -0.05) is 63.2 Å². The lowest BCUT2D eigenvalue weighted by Gasteiger charge is -2.39. The second kappa shape index (κ2) is 7.45. The molecule has 2 aromatic carbocycles. The predicted molar refractivity (Wildman–Crippen MR) is 115 cm³/mol. The van der Waals surface area contributed by atoms with Crippen molar-refractivity contribution in [1.29, 1.82) is 0 Å². The Bertz CT molecular complexity index is 917. The zero-order chi connectivity index (χ0) is 19.7. The van der Waals surface area contributed by atoms with Gasteiger partial charge in [0.25, 0.3) is 0 Å². The van der Waals surface area contributed by atoms with E-state index in [1.165, 1.54) is 0 Å². The van der Waals surface area contributed by atoms with Gasteiger partial charge >= 0.3 is 0 Å². The molecule has 1 heterocycles. The van der Waals surface area contributed by atoms with E-state index in [2.05, 4.69) is 58.1 Å². The van der Waals surface area contributed by atoms with Crippen molar-refractivity contribution in [2.45, 2.75) is 45.0 Å². The highest BCUT2D eigenvalue weighted by atomic mass is 28.4. The van der Waals surface area contributed by atoms with E-state index in [1.54, 1.807) is 7.11 Å². The SMILES string of the molecule is COc1cc([C@H](O[Si](C)(C)C(C)(C)C)c2ccccc2)nc2ccccc12. The molecular formula is C23H29NO2Si. The number of pyridine rings is 1. The van der Waals surface area contributed by atoms with Crippen LogP contribution in [0.3, 0.4) is 0 Å². The molecule has 27 heavy (non-hydrogen) atoms. The van der Waals surface area contributed by atoms with Gasteiger partial charge < -0.3 is 9.16 Å². The first-order valence-electron chi connectivity index (χ1n) is 9.39. The number of rotatable bonds is 5. The van der Waals surface area contributed by atoms with Crippen LogP contribution in [0.25, 0.3) is 10.9 Å². The maximum atomic E-state index is 6.84. The van der Waals surface area contributed by atoms with Crippen LogP contribution in [0, 0.1) is 0 Å². The number of nitrogens with zero attached hydrogens (tertiary/aromatic N) is 1. The smallest absolute Gasteiger partial charge is 0.193 e. The van der Waals surface area contributed by atoms with Crippen LogP contribution in [-0.4, -0.2) is 20.4 Å². The Labute approximate surface area is 163 Å². The number of fused-ring (bicyclic) bond motifs is 1. The van der Waals surface area contributed by atoms with Crippen molar-refractivity contribution < 1.29 is 9.16 Å². The molecule has 0 spiro atoms. The predicted octanol–water partition coefficient (Wildman–Crippen LogP) is 6.35.